The molecule has 1 atom stereocenters. The van der Waals surface area contributed by atoms with Crippen LogP contribution in [0.1, 0.15) is 39.2 Å². The van der Waals surface area contributed by atoms with Gasteiger partial charge in [-0.25, -0.2) is 0 Å². The van der Waals surface area contributed by atoms with Crippen molar-refractivity contribution in [2.75, 3.05) is 11.9 Å². The predicted octanol–water partition coefficient (Wildman–Crippen LogP) is 3.96. The number of aryl methyl sites for hydroxylation is 1. The van der Waals surface area contributed by atoms with Crippen molar-refractivity contribution in [2.24, 2.45) is 17.6 Å². The van der Waals surface area contributed by atoms with Crippen LogP contribution in [0, 0.1) is 11.8 Å². The molecule has 0 fully saturated rings. The Balaban J connectivity index is 2.66. The standard InChI is InChI=1S/C16H25BrN2O/c1-4-13-9-14(17)5-6-15(13)19-16(20)8-12(10-18)7-11(2)3/h5-6,9,11-12H,4,7-8,10,18H2,1-3H3,(H,19,20)/t12-/m0/s1. The van der Waals surface area contributed by atoms with Crippen molar-refractivity contribution in [3.05, 3.63) is 28.2 Å². The zero-order valence-electron chi connectivity index (χ0n) is 12.6. The summed E-state index contributed by atoms with van der Waals surface area (Å²) in [6, 6.07) is 5.94. The molecule has 0 bridgehead atoms. The second kappa shape index (κ2) is 8.42. The fraction of sp³-hybridized carbons (Fsp3) is 0.562. The number of benzene rings is 1. The first-order valence-electron chi connectivity index (χ1n) is 7.24. The van der Waals surface area contributed by atoms with Crippen LogP contribution in [0.3, 0.4) is 0 Å². The zero-order valence-corrected chi connectivity index (χ0v) is 14.2. The van der Waals surface area contributed by atoms with E-state index in [2.05, 4.69) is 42.0 Å². The van der Waals surface area contributed by atoms with Gasteiger partial charge in [-0.15, -0.1) is 0 Å². The molecule has 0 aromatic heterocycles. The maximum Gasteiger partial charge on any atom is 0.224 e. The summed E-state index contributed by atoms with van der Waals surface area (Å²) in [6.45, 7) is 6.96. The van der Waals surface area contributed by atoms with Crippen LogP contribution in [0.2, 0.25) is 0 Å². The molecule has 20 heavy (non-hydrogen) atoms. The highest BCUT2D eigenvalue weighted by atomic mass is 79.9. The number of anilines is 1. The van der Waals surface area contributed by atoms with Gasteiger partial charge < -0.3 is 11.1 Å². The maximum atomic E-state index is 12.1. The molecule has 0 unspecified atom stereocenters. The lowest BCUT2D eigenvalue weighted by Crippen LogP contribution is -2.23. The number of carbonyl (C=O) groups excluding carboxylic acids is 1. The van der Waals surface area contributed by atoms with Gasteiger partial charge in [-0.3, -0.25) is 4.79 Å². The molecule has 0 spiro atoms. The van der Waals surface area contributed by atoms with Gasteiger partial charge in [0.25, 0.3) is 0 Å². The van der Waals surface area contributed by atoms with Crippen molar-refractivity contribution in [1.82, 2.24) is 0 Å². The second-order valence-electron chi connectivity index (χ2n) is 5.64. The lowest BCUT2D eigenvalue weighted by molar-refractivity contribution is -0.117. The number of nitrogens with two attached hydrogens (primary N) is 1. The van der Waals surface area contributed by atoms with Gasteiger partial charge in [0.05, 0.1) is 0 Å². The molecular formula is C16H25BrN2O. The smallest absolute Gasteiger partial charge is 0.224 e. The summed E-state index contributed by atoms with van der Waals surface area (Å²) in [5.74, 6) is 0.879. The van der Waals surface area contributed by atoms with Crippen LogP contribution >= 0.6 is 15.9 Å². The minimum absolute atomic E-state index is 0.0538. The molecular weight excluding hydrogens is 316 g/mol. The summed E-state index contributed by atoms with van der Waals surface area (Å²) >= 11 is 3.45. The Morgan fingerprint density at radius 3 is 2.65 bits per heavy atom. The summed E-state index contributed by atoms with van der Waals surface area (Å²) in [4.78, 5) is 12.1. The van der Waals surface area contributed by atoms with Crippen molar-refractivity contribution in [3.63, 3.8) is 0 Å². The van der Waals surface area contributed by atoms with Crippen molar-refractivity contribution < 1.29 is 4.79 Å². The topological polar surface area (TPSA) is 55.1 Å². The number of halogens is 1. The molecule has 1 aromatic carbocycles. The van der Waals surface area contributed by atoms with Gasteiger partial charge in [0.15, 0.2) is 0 Å². The monoisotopic (exact) mass is 340 g/mol. The predicted molar refractivity (Wildman–Crippen MR) is 88.8 cm³/mol. The van der Waals surface area contributed by atoms with Gasteiger partial charge in [0.2, 0.25) is 5.91 Å². The normalized spacial score (nSPS) is 12.5. The van der Waals surface area contributed by atoms with Gasteiger partial charge in [0, 0.05) is 16.6 Å². The van der Waals surface area contributed by atoms with Gasteiger partial charge in [0.1, 0.15) is 0 Å². The molecule has 3 nitrogen and oxygen atoms in total. The molecule has 1 rings (SSSR count). The Bertz CT molecular complexity index is 446. The average Bonchev–Trinajstić information content (AvgIpc) is 2.39. The molecule has 0 radical (unpaired) electrons. The summed E-state index contributed by atoms with van der Waals surface area (Å²) in [5.41, 5.74) is 7.80. The van der Waals surface area contributed by atoms with E-state index in [-0.39, 0.29) is 11.8 Å². The van der Waals surface area contributed by atoms with Crippen LogP contribution in [0.4, 0.5) is 5.69 Å². The SMILES string of the molecule is CCc1cc(Br)ccc1NC(=O)C[C@@H](CN)CC(C)C. The molecule has 0 saturated carbocycles. The molecule has 3 N–H and O–H groups in total. The van der Waals surface area contributed by atoms with E-state index < -0.39 is 0 Å². The summed E-state index contributed by atoms with van der Waals surface area (Å²) in [6.07, 6.45) is 2.38. The van der Waals surface area contributed by atoms with E-state index in [9.17, 15) is 4.79 Å². The van der Waals surface area contributed by atoms with E-state index in [0.29, 0.717) is 18.9 Å². The number of nitrogens with one attached hydrogen (secondary N) is 1. The lowest BCUT2D eigenvalue weighted by atomic mass is 9.94. The maximum absolute atomic E-state index is 12.1. The Kier molecular flexibility index (Phi) is 7.24. The lowest BCUT2D eigenvalue weighted by Gasteiger charge is -2.17. The number of carbonyl (C=O) groups is 1. The van der Waals surface area contributed by atoms with Gasteiger partial charge in [-0.05, 0) is 55.0 Å². The van der Waals surface area contributed by atoms with Crippen molar-refractivity contribution in [2.45, 2.75) is 40.0 Å². The largest absolute Gasteiger partial charge is 0.330 e. The van der Waals surface area contributed by atoms with Crippen LogP contribution < -0.4 is 11.1 Å². The Hall–Kier alpha value is -0.870. The van der Waals surface area contributed by atoms with Crippen molar-refractivity contribution >= 4 is 27.5 Å². The molecule has 0 aliphatic rings. The average molecular weight is 341 g/mol. The number of amides is 1. The third kappa shape index (κ3) is 5.63. The zero-order chi connectivity index (χ0) is 15.1. The highest BCUT2D eigenvalue weighted by Gasteiger charge is 2.15. The fourth-order valence-electron chi connectivity index (χ4n) is 2.37. The molecule has 0 aliphatic carbocycles. The van der Waals surface area contributed by atoms with Crippen LogP contribution in [0.15, 0.2) is 22.7 Å². The van der Waals surface area contributed by atoms with Gasteiger partial charge in [-0.1, -0.05) is 36.7 Å². The quantitative estimate of drug-likeness (QED) is 0.789. The molecule has 0 heterocycles. The van der Waals surface area contributed by atoms with Gasteiger partial charge in [-0.2, -0.15) is 0 Å². The molecule has 1 aromatic rings. The summed E-state index contributed by atoms with van der Waals surface area (Å²) in [5, 5.41) is 3.01. The van der Waals surface area contributed by atoms with Crippen molar-refractivity contribution in [3.8, 4) is 0 Å². The minimum Gasteiger partial charge on any atom is -0.330 e. The van der Waals surface area contributed by atoms with E-state index in [1.54, 1.807) is 0 Å². The van der Waals surface area contributed by atoms with Crippen LogP contribution in [-0.2, 0) is 11.2 Å². The minimum atomic E-state index is 0.0538. The van der Waals surface area contributed by atoms with E-state index in [1.165, 1.54) is 0 Å². The fourth-order valence-corrected chi connectivity index (χ4v) is 2.78. The number of hydrogen-bond donors (Lipinski definition) is 2. The molecule has 1 amide bonds. The van der Waals surface area contributed by atoms with E-state index in [0.717, 1.165) is 28.6 Å². The Labute approximate surface area is 130 Å². The third-order valence-electron chi connectivity index (χ3n) is 3.33. The van der Waals surface area contributed by atoms with E-state index in [1.807, 2.05) is 18.2 Å². The van der Waals surface area contributed by atoms with E-state index in [4.69, 9.17) is 5.73 Å². The van der Waals surface area contributed by atoms with E-state index >= 15 is 0 Å². The number of hydrogen-bond acceptors (Lipinski definition) is 2. The Morgan fingerprint density at radius 2 is 2.10 bits per heavy atom. The molecule has 0 aliphatic heterocycles. The Morgan fingerprint density at radius 1 is 1.40 bits per heavy atom. The van der Waals surface area contributed by atoms with Crippen molar-refractivity contribution in [1.29, 1.82) is 0 Å². The first kappa shape index (κ1) is 17.2. The third-order valence-corrected chi connectivity index (χ3v) is 3.83. The highest BCUT2D eigenvalue weighted by Crippen LogP contribution is 2.22. The van der Waals surface area contributed by atoms with Crippen LogP contribution in [-0.4, -0.2) is 12.5 Å². The summed E-state index contributed by atoms with van der Waals surface area (Å²) in [7, 11) is 0. The van der Waals surface area contributed by atoms with Crippen LogP contribution in [0.5, 0.6) is 0 Å². The molecule has 112 valence electrons. The first-order valence-corrected chi connectivity index (χ1v) is 8.03. The summed E-state index contributed by atoms with van der Waals surface area (Å²) < 4.78 is 1.03. The highest BCUT2D eigenvalue weighted by molar-refractivity contribution is 9.10. The molecule has 0 saturated heterocycles. The van der Waals surface area contributed by atoms with Gasteiger partial charge >= 0.3 is 0 Å². The second-order valence-corrected chi connectivity index (χ2v) is 6.55. The number of rotatable bonds is 7. The molecule has 4 heteroatoms. The first-order chi connectivity index (χ1) is 9.46. The van der Waals surface area contributed by atoms with Crippen LogP contribution in [0.25, 0.3) is 0 Å².